The van der Waals surface area contributed by atoms with E-state index in [-0.39, 0.29) is 35.5 Å². The van der Waals surface area contributed by atoms with Gasteiger partial charge in [-0.25, -0.2) is 0 Å². The maximum atomic E-state index is 12.9. The summed E-state index contributed by atoms with van der Waals surface area (Å²) in [4.78, 5) is 12.9. The largest absolute Gasteiger partial charge is 0.483 e. The van der Waals surface area contributed by atoms with Gasteiger partial charge >= 0.3 is 70.4 Å². The molecule has 5 aliphatic heterocycles. The molecule has 50 heavy (non-hydrogen) atoms. The molecule has 0 saturated carbocycles. The maximum Gasteiger partial charge on any atom is 0.483 e. The van der Waals surface area contributed by atoms with Crippen LogP contribution in [0.4, 0.5) is 0 Å². The lowest BCUT2D eigenvalue weighted by molar-refractivity contribution is 0.0358. The molecule has 0 aromatic carbocycles. The van der Waals surface area contributed by atoms with Gasteiger partial charge in [-0.1, -0.05) is 96.9 Å². The van der Waals surface area contributed by atoms with Gasteiger partial charge in [0, 0.05) is 30.2 Å². The minimum atomic E-state index is -4.12. The Labute approximate surface area is 315 Å². The topological polar surface area (TPSA) is 113 Å². The third-order valence-corrected chi connectivity index (χ3v) is 45.1. The summed E-state index contributed by atoms with van der Waals surface area (Å²) in [7, 11) is -28.3. The van der Waals surface area contributed by atoms with E-state index in [1.807, 2.05) is 0 Å². The second-order valence-electron chi connectivity index (χ2n) is 18.7. The third kappa shape index (κ3) is 13.2. The third-order valence-electron chi connectivity index (χ3n) is 8.18. The van der Waals surface area contributed by atoms with Crippen molar-refractivity contribution in [3.8, 4) is 0 Å². The van der Waals surface area contributed by atoms with Gasteiger partial charge in [-0.05, 0) is 73.2 Å². The molecule has 0 spiro atoms. The predicted octanol–water partition coefficient (Wildman–Crippen LogP) is 8.47. The van der Waals surface area contributed by atoms with Crippen molar-refractivity contribution in [2.75, 3.05) is 0 Å². The summed E-state index contributed by atoms with van der Waals surface area (Å²) in [6.07, 6.45) is 0. The predicted molar refractivity (Wildman–Crippen MR) is 216 cm³/mol. The van der Waals surface area contributed by atoms with Gasteiger partial charge in [0.15, 0.2) is 0 Å². The van der Waals surface area contributed by atoms with Crippen LogP contribution in [0.15, 0.2) is 0 Å². The molecule has 296 valence electrons. The van der Waals surface area contributed by atoms with Crippen molar-refractivity contribution >= 4 is 70.4 Å². The molecule has 5 saturated heterocycles. The Hall–Kier alpha value is 1.30. The summed E-state index contributed by atoms with van der Waals surface area (Å²) in [6, 6.07) is 3.70. The van der Waals surface area contributed by atoms with E-state index in [0.717, 1.165) is 6.04 Å². The fraction of sp³-hybridized carbons (Fsp3) is 1.00. The van der Waals surface area contributed by atoms with Crippen LogP contribution in [0.3, 0.4) is 0 Å². The Kier molecular flexibility index (Phi) is 15.7. The van der Waals surface area contributed by atoms with Crippen molar-refractivity contribution in [2.45, 2.75) is 159 Å². The zero-order valence-electron chi connectivity index (χ0n) is 34.6. The standard InChI is InChI=1S/C31H74O11Si8/c1-25(2)18-43-33-44(15,16)35-48(22-29(9)10)38-46(32,20-27(5)6)39-50(24-31(13)14)40-47(34-43,21-28(7)8)36-45(17,19-26(3)4)37-49(41-48,42-50)23-30(11)12/h25-32,43H,18-24H2,1-17H3. The lowest BCUT2D eigenvalue weighted by atomic mass is 10.3. The van der Waals surface area contributed by atoms with Crippen LogP contribution in [-0.4, -0.2) is 75.2 Å². The minimum absolute atomic E-state index is 0.0635. The Morgan fingerprint density at radius 1 is 0.400 bits per heavy atom. The van der Waals surface area contributed by atoms with E-state index in [0.29, 0.717) is 42.2 Å². The summed E-state index contributed by atoms with van der Waals surface area (Å²) in [5, 5.41) is 0. The molecule has 7 atom stereocenters. The highest BCUT2D eigenvalue weighted by molar-refractivity contribution is 6.98. The summed E-state index contributed by atoms with van der Waals surface area (Å²) in [5.74, 6) is 1.19. The quantitative estimate of drug-likeness (QED) is 0.170. The summed E-state index contributed by atoms with van der Waals surface area (Å²) in [5.41, 5.74) is 0. The van der Waals surface area contributed by atoms with Crippen LogP contribution < -0.4 is 0 Å². The lowest BCUT2D eigenvalue weighted by Gasteiger charge is -2.57. The first-order chi connectivity index (χ1) is 22.7. The van der Waals surface area contributed by atoms with Gasteiger partial charge < -0.3 is 45.9 Å². The molecule has 11 nitrogen and oxygen atoms in total. The van der Waals surface area contributed by atoms with E-state index >= 15 is 0 Å². The van der Waals surface area contributed by atoms with Gasteiger partial charge in [-0.2, -0.15) is 0 Å². The van der Waals surface area contributed by atoms with Crippen molar-refractivity contribution in [3.05, 3.63) is 0 Å². The monoisotopic (exact) mass is 846 g/mol. The van der Waals surface area contributed by atoms with Crippen LogP contribution >= 0.6 is 0 Å². The van der Waals surface area contributed by atoms with E-state index in [4.69, 9.17) is 41.2 Å². The molecule has 0 aliphatic carbocycles. The SMILES string of the molecule is CC(C)C[SiH]1O[Si](C)(C)O[Si]2(CC(C)C)O[Si](O)(CC(C)C)O[Si]3(CC(C)C)O[Si](CC(C)C)(O1)O[Si](C)(CC(C)C)O[Si](CC(C)C)(O2)O3. The molecule has 5 rings (SSSR count). The van der Waals surface area contributed by atoms with Gasteiger partial charge in [-0.3, -0.25) is 0 Å². The second kappa shape index (κ2) is 17.2. The number of hydrogen-bond donors (Lipinski definition) is 1. The van der Waals surface area contributed by atoms with Crippen LogP contribution in [0.2, 0.25) is 61.9 Å². The zero-order chi connectivity index (χ0) is 38.1. The van der Waals surface area contributed by atoms with Crippen molar-refractivity contribution < 1.29 is 45.9 Å². The molecule has 5 fully saturated rings. The number of fused-ring (bicyclic) bond motifs is 4. The molecule has 1 N–H and O–H groups in total. The Morgan fingerprint density at radius 2 is 0.760 bits per heavy atom. The van der Waals surface area contributed by atoms with Crippen molar-refractivity contribution in [3.63, 3.8) is 0 Å². The average molecular weight is 848 g/mol. The molecular formula is C31H74O11Si8. The highest BCUT2D eigenvalue weighted by atomic mass is 28.6. The zero-order valence-corrected chi connectivity index (χ0v) is 42.8. The summed E-state index contributed by atoms with van der Waals surface area (Å²) >= 11 is 0. The van der Waals surface area contributed by atoms with Gasteiger partial charge in [-0.15, -0.1) is 0 Å². The van der Waals surface area contributed by atoms with Crippen LogP contribution in [0.25, 0.3) is 0 Å². The van der Waals surface area contributed by atoms with Gasteiger partial charge in [0.25, 0.3) is 0 Å². The van der Waals surface area contributed by atoms with Crippen molar-refractivity contribution in [1.29, 1.82) is 0 Å². The maximum absolute atomic E-state index is 12.9. The number of hydrogen-bond acceptors (Lipinski definition) is 11. The van der Waals surface area contributed by atoms with E-state index in [2.05, 4.69) is 117 Å². The Bertz CT molecular complexity index is 1100. The van der Waals surface area contributed by atoms with E-state index in [1.165, 1.54) is 0 Å². The first-order valence-corrected chi connectivity index (χ1v) is 36.1. The average Bonchev–Trinajstić information content (AvgIpc) is 2.75. The highest BCUT2D eigenvalue weighted by Crippen LogP contribution is 2.48. The molecule has 7 unspecified atom stereocenters. The fourth-order valence-corrected chi connectivity index (χ4v) is 51.9. The van der Waals surface area contributed by atoms with E-state index in [9.17, 15) is 4.80 Å². The van der Waals surface area contributed by atoms with Gasteiger partial charge in [0.2, 0.25) is 0 Å². The molecular weight excluding hydrogens is 773 g/mol. The lowest BCUT2D eigenvalue weighted by Crippen LogP contribution is -2.80. The normalized spacial score (nSPS) is 38.5. The van der Waals surface area contributed by atoms with E-state index < -0.39 is 70.4 Å². The smallest absolute Gasteiger partial charge is 0.418 e. The Balaban J connectivity index is 2.58. The van der Waals surface area contributed by atoms with Gasteiger partial charge in [0.1, 0.15) is 0 Å². The van der Waals surface area contributed by atoms with Crippen LogP contribution in [0.5, 0.6) is 0 Å². The second-order valence-corrected chi connectivity index (χ2v) is 42.8. The first kappa shape index (κ1) is 45.7. The van der Waals surface area contributed by atoms with Crippen molar-refractivity contribution in [1.82, 2.24) is 0 Å². The van der Waals surface area contributed by atoms with E-state index in [1.54, 1.807) is 0 Å². The molecule has 5 heterocycles. The summed E-state index contributed by atoms with van der Waals surface area (Å²) < 4.78 is 74.6. The molecule has 4 bridgehead atoms. The molecule has 0 aromatic rings. The molecule has 5 aliphatic rings. The highest BCUT2D eigenvalue weighted by Gasteiger charge is 2.73. The van der Waals surface area contributed by atoms with Crippen LogP contribution in [0.1, 0.15) is 96.9 Å². The molecule has 0 aromatic heterocycles. The first-order valence-electron chi connectivity index (χ1n) is 19.3. The van der Waals surface area contributed by atoms with Crippen molar-refractivity contribution in [2.24, 2.45) is 41.4 Å². The molecule has 19 heteroatoms. The molecule has 0 amide bonds. The Morgan fingerprint density at radius 3 is 1.18 bits per heavy atom. The van der Waals surface area contributed by atoms with Crippen LogP contribution in [0, 0.1) is 41.4 Å². The number of rotatable bonds is 14. The van der Waals surface area contributed by atoms with Crippen LogP contribution in [-0.2, 0) is 41.2 Å². The fourth-order valence-electron chi connectivity index (χ4n) is 7.50. The molecule has 0 radical (unpaired) electrons. The summed E-state index contributed by atoms with van der Waals surface area (Å²) in [6.45, 7) is 36.4. The minimum Gasteiger partial charge on any atom is -0.418 e. The van der Waals surface area contributed by atoms with Gasteiger partial charge in [0.05, 0.1) is 0 Å².